The lowest BCUT2D eigenvalue weighted by Gasteiger charge is -2.21. The molecule has 0 bridgehead atoms. The number of para-hydroxylation sites is 1. The highest BCUT2D eigenvalue weighted by molar-refractivity contribution is 5.84. The van der Waals surface area contributed by atoms with Crippen molar-refractivity contribution in [3.63, 3.8) is 0 Å². The number of rotatable bonds is 4. The van der Waals surface area contributed by atoms with Gasteiger partial charge in [0.1, 0.15) is 11.8 Å². The Hall–Kier alpha value is -4.00. The predicted octanol–water partition coefficient (Wildman–Crippen LogP) is 4.14. The first-order valence-corrected chi connectivity index (χ1v) is 9.74. The number of H-pyrrole nitrogens is 1. The van der Waals surface area contributed by atoms with Gasteiger partial charge in [-0.2, -0.15) is 0 Å². The van der Waals surface area contributed by atoms with E-state index in [1.807, 2.05) is 62.4 Å². The summed E-state index contributed by atoms with van der Waals surface area (Å²) in [6.45, 7) is 4.01. The Labute approximate surface area is 172 Å². The van der Waals surface area contributed by atoms with Crippen LogP contribution in [0.3, 0.4) is 0 Å². The molecule has 0 amide bonds. The summed E-state index contributed by atoms with van der Waals surface area (Å²) in [5.41, 5.74) is 4.00. The molecule has 2 N–H and O–H groups in total. The molecule has 0 unspecified atom stereocenters. The third-order valence-corrected chi connectivity index (χ3v) is 5.24. The largest absolute Gasteiger partial charge is 0.360 e. The molecule has 2 aromatic carbocycles. The zero-order chi connectivity index (χ0) is 20.7. The van der Waals surface area contributed by atoms with E-state index < -0.39 is 0 Å². The Balaban J connectivity index is 1.70. The van der Waals surface area contributed by atoms with E-state index in [9.17, 15) is 4.79 Å². The number of aryl methyl sites for hydroxylation is 1. The van der Waals surface area contributed by atoms with Gasteiger partial charge in [0.05, 0.1) is 12.4 Å². The van der Waals surface area contributed by atoms with Gasteiger partial charge < -0.3 is 10.3 Å². The molecular formula is C23H20N6O. The van der Waals surface area contributed by atoms with Gasteiger partial charge in [-0.05, 0) is 43.5 Å². The topological polar surface area (TPSA) is 88.5 Å². The molecule has 0 saturated heterocycles. The fraction of sp³-hybridized carbons (Fsp3) is 0.130. The Morgan fingerprint density at radius 3 is 2.70 bits per heavy atom. The molecule has 30 heavy (non-hydrogen) atoms. The fourth-order valence-corrected chi connectivity index (χ4v) is 3.76. The summed E-state index contributed by atoms with van der Waals surface area (Å²) >= 11 is 0. The molecule has 0 fully saturated rings. The third kappa shape index (κ3) is 3.00. The molecule has 3 heterocycles. The van der Waals surface area contributed by atoms with E-state index in [1.54, 1.807) is 10.9 Å². The lowest BCUT2D eigenvalue weighted by atomic mass is 10.1. The smallest absolute Gasteiger partial charge is 0.263 e. The van der Waals surface area contributed by atoms with Gasteiger partial charge in [-0.1, -0.05) is 35.9 Å². The number of pyridine rings is 1. The average Bonchev–Trinajstić information content (AvgIpc) is 3.24. The Morgan fingerprint density at radius 1 is 1.03 bits per heavy atom. The van der Waals surface area contributed by atoms with Crippen molar-refractivity contribution in [2.75, 3.05) is 5.32 Å². The first-order chi connectivity index (χ1) is 14.6. The monoisotopic (exact) mass is 396 g/mol. The van der Waals surface area contributed by atoms with Gasteiger partial charge in [-0.25, -0.2) is 15.0 Å². The molecule has 0 aliphatic rings. The molecule has 1 atom stereocenters. The van der Waals surface area contributed by atoms with Crippen LogP contribution in [0.1, 0.15) is 24.2 Å². The van der Waals surface area contributed by atoms with Gasteiger partial charge in [0.25, 0.3) is 5.56 Å². The second-order valence-corrected chi connectivity index (χ2v) is 7.33. The highest BCUT2D eigenvalue weighted by Crippen LogP contribution is 2.26. The van der Waals surface area contributed by atoms with Crippen molar-refractivity contribution in [2.45, 2.75) is 19.9 Å². The van der Waals surface area contributed by atoms with E-state index in [1.165, 1.54) is 6.33 Å². The number of fused-ring (bicyclic) bond motifs is 2. The molecule has 5 aromatic rings. The van der Waals surface area contributed by atoms with Crippen LogP contribution < -0.4 is 10.9 Å². The number of benzene rings is 2. The van der Waals surface area contributed by atoms with E-state index in [2.05, 4.69) is 31.3 Å². The Bertz CT molecular complexity index is 1420. The minimum Gasteiger partial charge on any atom is -0.360 e. The van der Waals surface area contributed by atoms with E-state index in [-0.39, 0.29) is 11.6 Å². The standard InChI is InChI=1S/C23H20N6O/c1-14-8-9-16-11-19(15(2)28-22-20-21(25-12-24-20)26-13-27-22)29(23(30)18(16)10-14)17-6-4-3-5-7-17/h3-13,15H,1-2H3,(H2,24,25,26,27,28)/t15-/m0/s1. The first-order valence-electron chi connectivity index (χ1n) is 9.74. The molecule has 0 spiro atoms. The number of hydrogen-bond acceptors (Lipinski definition) is 5. The van der Waals surface area contributed by atoms with Crippen molar-refractivity contribution in [1.29, 1.82) is 0 Å². The molecule has 7 heteroatoms. The van der Waals surface area contributed by atoms with E-state index in [0.717, 1.165) is 27.8 Å². The Morgan fingerprint density at radius 2 is 1.87 bits per heavy atom. The number of anilines is 1. The Kier molecular flexibility index (Phi) is 4.28. The van der Waals surface area contributed by atoms with Crippen LogP contribution in [-0.2, 0) is 0 Å². The average molecular weight is 396 g/mol. The van der Waals surface area contributed by atoms with E-state index in [4.69, 9.17) is 0 Å². The maximum absolute atomic E-state index is 13.5. The minimum atomic E-state index is -0.204. The highest BCUT2D eigenvalue weighted by Gasteiger charge is 2.18. The van der Waals surface area contributed by atoms with Gasteiger partial charge in [-0.3, -0.25) is 9.36 Å². The predicted molar refractivity (Wildman–Crippen MR) is 118 cm³/mol. The number of aromatic amines is 1. The van der Waals surface area contributed by atoms with Crippen LogP contribution in [-0.4, -0.2) is 24.5 Å². The van der Waals surface area contributed by atoms with Crippen LogP contribution in [0.4, 0.5) is 5.82 Å². The van der Waals surface area contributed by atoms with E-state index >= 15 is 0 Å². The van der Waals surface area contributed by atoms with Gasteiger partial charge in [-0.15, -0.1) is 0 Å². The maximum Gasteiger partial charge on any atom is 0.263 e. The molecule has 148 valence electrons. The highest BCUT2D eigenvalue weighted by atomic mass is 16.1. The first kappa shape index (κ1) is 18.1. The van der Waals surface area contributed by atoms with Crippen LogP contribution >= 0.6 is 0 Å². The van der Waals surface area contributed by atoms with Crippen molar-refractivity contribution >= 4 is 27.8 Å². The van der Waals surface area contributed by atoms with Crippen LogP contribution in [0.5, 0.6) is 0 Å². The number of nitrogens with one attached hydrogen (secondary N) is 2. The van der Waals surface area contributed by atoms with Gasteiger partial charge in [0.2, 0.25) is 0 Å². The lowest BCUT2D eigenvalue weighted by Crippen LogP contribution is -2.25. The number of nitrogens with zero attached hydrogens (tertiary/aromatic N) is 4. The molecule has 0 aliphatic heterocycles. The second kappa shape index (κ2) is 7.11. The van der Waals surface area contributed by atoms with Gasteiger partial charge in [0, 0.05) is 16.8 Å². The zero-order valence-corrected chi connectivity index (χ0v) is 16.6. The van der Waals surface area contributed by atoms with Crippen molar-refractivity contribution in [3.8, 4) is 5.69 Å². The molecule has 0 saturated carbocycles. The van der Waals surface area contributed by atoms with Gasteiger partial charge in [0.15, 0.2) is 11.5 Å². The SMILES string of the molecule is Cc1ccc2cc([C@H](C)Nc3ncnc4nc[nH]c34)n(-c3ccccc3)c(=O)c2c1. The zero-order valence-electron chi connectivity index (χ0n) is 16.6. The number of imidazole rings is 1. The van der Waals surface area contributed by atoms with Crippen molar-refractivity contribution < 1.29 is 0 Å². The summed E-state index contributed by atoms with van der Waals surface area (Å²) < 4.78 is 1.77. The van der Waals surface area contributed by atoms with Crippen molar-refractivity contribution in [1.82, 2.24) is 24.5 Å². The van der Waals surface area contributed by atoms with Crippen LogP contribution in [0.25, 0.3) is 27.6 Å². The van der Waals surface area contributed by atoms with Crippen LogP contribution in [0.15, 0.2) is 72.0 Å². The summed E-state index contributed by atoms with van der Waals surface area (Å²) in [6.07, 6.45) is 3.07. The number of aromatic nitrogens is 5. The summed E-state index contributed by atoms with van der Waals surface area (Å²) in [7, 11) is 0. The summed E-state index contributed by atoms with van der Waals surface area (Å²) in [5, 5.41) is 5.03. The molecular weight excluding hydrogens is 376 g/mol. The fourth-order valence-electron chi connectivity index (χ4n) is 3.76. The van der Waals surface area contributed by atoms with Crippen LogP contribution in [0.2, 0.25) is 0 Å². The number of hydrogen-bond donors (Lipinski definition) is 2. The maximum atomic E-state index is 13.5. The second-order valence-electron chi connectivity index (χ2n) is 7.33. The van der Waals surface area contributed by atoms with Crippen molar-refractivity contribution in [3.05, 3.63) is 88.9 Å². The van der Waals surface area contributed by atoms with Crippen LogP contribution in [0, 0.1) is 6.92 Å². The summed E-state index contributed by atoms with van der Waals surface area (Å²) in [6, 6.07) is 17.5. The normalized spacial score (nSPS) is 12.3. The lowest BCUT2D eigenvalue weighted by molar-refractivity contribution is 0.774. The summed E-state index contributed by atoms with van der Waals surface area (Å²) in [4.78, 5) is 29.3. The minimum absolute atomic E-state index is 0.0413. The van der Waals surface area contributed by atoms with Crippen molar-refractivity contribution in [2.24, 2.45) is 0 Å². The third-order valence-electron chi connectivity index (χ3n) is 5.24. The molecule has 0 aliphatic carbocycles. The molecule has 0 radical (unpaired) electrons. The van der Waals surface area contributed by atoms with E-state index in [0.29, 0.717) is 16.9 Å². The molecule has 3 aromatic heterocycles. The molecule has 7 nitrogen and oxygen atoms in total. The van der Waals surface area contributed by atoms with Gasteiger partial charge >= 0.3 is 0 Å². The summed E-state index contributed by atoms with van der Waals surface area (Å²) in [5.74, 6) is 0.640. The quantitative estimate of drug-likeness (QED) is 0.477. The molecule has 5 rings (SSSR count).